The molecule has 0 saturated carbocycles. The fourth-order valence-electron chi connectivity index (χ4n) is 1.45. The number of rotatable bonds is 4. The van der Waals surface area contributed by atoms with Crippen LogP contribution in [0.1, 0.15) is 25.1 Å². The summed E-state index contributed by atoms with van der Waals surface area (Å²) in [5.41, 5.74) is 0.865. The van der Waals surface area contributed by atoms with E-state index in [1.54, 1.807) is 6.07 Å². The first-order chi connectivity index (χ1) is 7.43. The fraction of sp³-hybridized carbons (Fsp3) is 0.455. The van der Waals surface area contributed by atoms with Crippen molar-refractivity contribution in [3.8, 4) is 6.07 Å². The predicted molar refractivity (Wildman–Crippen MR) is 61.3 cm³/mol. The number of pyridine rings is 1. The zero-order valence-corrected chi connectivity index (χ0v) is 10.2. The van der Waals surface area contributed by atoms with Gasteiger partial charge in [-0.3, -0.25) is 0 Å². The lowest BCUT2D eigenvalue weighted by atomic mass is 10.2. The summed E-state index contributed by atoms with van der Waals surface area (Å²) in [7, 11) is -3.10. The maximum absolute atomic E-state index is 11.7. The highest BCUT2D eigenvalue weighted by Gasteiger charge is 2.14. The van der Waals surface area contributed by atoms with Crippen LogP contribution >= 0.6 is 0 Å². The maximum Gasteiger partial charge on any atom is 0.154 e. The van der Waals surface area contributed by atoms with Gasteiger partial charge < -0.3 is 0 Å². The molecule has 0 fully saturated rings. The highest BCUT2D eigenvalue weighted by molar-refractivity contribution is 7.90. The molecule has 0 aliphatic rings. The van der Waals surface area contributed by atoms with Crippen LogP contribution in [0.15, 0.2) is 18.3 Å². The highest BCUT2D eigenvalue weighted by Crippen LogP contribution is 2.10. The summed E-state index contributed by atoms with van der Waals surface area (Å²) in [6, 6.07) is 5.02. The molecule has 1 aromatic heterocycles. The van der Waals surface area contributed by atoms with Crippen molar-refractivity contribution in [2.45, 2.75) is 19.6 Å². The molecular formula is C11H14N2O2S. The second-order valence-electron chi connectivity index (χ2n) is 4.11. The van der Waals surface area contributed by atoms with Crippen molar-refractivity contribution < 1.29 is 8.42 Å². The SMILES string of the molecule is CC(C)CS(=O)(=O)Cc1ccnc(C#N)c1. The Morgan fingerprint density at radius 1 is 1.50 bits per heavy atom. The van der Waals surface area contributed by atoms with E-state index in [0.29, 0.717) is 5.56 Å². The molecule has 5 heteroatoms. The van der Waals surface area contributed by atoms with Gasteiger partial charge in [-0.1, -0.05) is 13.8 Å². The number of nitrogens with zero attached hydrogens (tertiary/aromatic N) is 2. The van der Waals surface area contributed by atoms with E-state index < -0.39 is 9.84 Å². The Kier molecular flexibility index (Phi) is 4.02. The quantitative estimate of drug-likeness (QED) is 0.797. The van der Waals surface area contributed by atoms with Gasteiger partial charge in [-0.2, -0.15) is 5.26 Å². The lowest BCUT2D eigenvalue weighted by molar-refractivity contribution is 0.581. The Balaban J connectivity index is 2.85. The van der Waals surface area contributed by atoms with Gasteiger partial charge in [0.15, 0.2) is 9.84 Å². The smallest absolute Gasteiger partial charge is 0.154 e. The van der Waals surface area contributed by atoms with E-state index in [2.05, 4.69) is 4.98 Å². The van der Waals surface area contributed by atoms with Crippen molar-refractivity contribution >= 4 is 9.84 Å². The minimum Gasteiger partial charge on any atom is -0.246 e. The molecule has 0 radical (unpaired) electrons. The van der Waals surface area contributed by atoms with Gasteiger partial charge in [0, 0.05) is 6.20 Å². The summed E-state index contributed by atoms with van der Waals surface area (Å²) in [5, 5.41) is 8.64. The van der Waals surface area contributed by atoms with Crippen LogP contribution in [0.2, 0.25) is 0 Å². The molecule has 0 spiro atoms. The summed E-state index contributed by atoms with van der Waals surface area (Å²) in [5.74, 6) is 0.252. The van der Waals surface area contributed by atoms with Crippen molar-refractivity contribution in [2.24, 2.45) is 5.92 Å². The molecule has 86 valence electrons. The summed E-state index contributed by atoms with van der Waals surface area (Å²) in [6.45, 7) is 3.73. The van der Waals surface area contributed by atoms with Crippen molar-refractivity contribution in [1.82, 2.24) is 4.98 Å². The molecular weight excluding hydrogens is 224 g/mol. The Labute approximate surface area is 95.9 Å². The van der Waals surface area contributed by atoms with Crippen molar-refractivity contribution in [3.63, 3.8) is 0 Å². The second kappa shape index (κ2) is 5.08. The molecule has 0 aliphatic heterocycles. The minimum atomic E-state index is -3.10. The van der Waals surface area contributed by atoms with E-state index in [9.17, 15) is 8.42 Å². The average molecular weight is 238 g/mol. The van der Waals surface area contributed by atoms with Crippen LogP contribution in [0.5, 0.6) is 0 Å². The monoisotopic (exact) mass is 238 g/mol. The summed E-state index contributed by atoms with van der Waals surface area (Å²) < 4.78 is 23.4. The molecule has 4 nitrogen and oxygen atoms in total. The number of hydrogen-bond acceptors (Lipinski definition) is 4. The van der Waals surface area contributed by atoms with Gasteiger partial charge in [0.05, 0.1) is 11.5 Å². The molecule has 0 atom stereocenters. The van der Waals surface area contributed by atoms with Gasteiger partial charge in [0.2, 0.25) is 0 Å². The van der Waals surface area contributed by atoms with E-state index >= 15 is 0 Å². The molecule has 0 N–H and O–H groups in total. The van der Waals surface area contributed by atoms with Gasteiger partial charge in [0.25, 0.3) is 0 Å². The van der Waals surface area contributed by atoms with E-state index in [4.69, 9.17) is 5.26 Å². The summed E-state index contributed by atoms with van der Waals surface area (Å²) in [6.07, 6.45) is 1.46. The van der Waals surface area contributed by atoms with Gasteiger partial charge in [-0.05, 0) is 23.6 Å². The van der Waals surface area contributed by atoms with Crippen LogP contribution in [0, 0.1) is 17.2 Å². The van der Waals surface area contributed by atoms with Gasteiger partial charge in [0.1, 0.15) is 11.8 Å². The van der Waals surface area contributed by atoms with E-state index in [1.165, 1.54) is 12.3 Å². The number of aromatic nitrogens is 1. The maximum atomic E-state index is 11.7. The third-order valence-electron chi connectivity index (χ3n) is 1.91. The Hall–Kier alpha value is -1.41. The van der Waals surface area contributed by atoms with Crippen molar-refractivity contribution in [1.29, 1.82) is 5.26 Å². The first-order valence-corrected chi connectivity index (χ1v) is 6.80. The van der Waals surface area contributed by atoms with Crippen molar-refractivity contribution in [3.05, 3.63) is 29.6 Å². The Morgan fingerprint density at radius 2 is 2.19 bits per heavy atom. The Bertz CT molecular complexity index is 501. The van der Waals surface area contributed by atoms with Crippen LogP contribution in [0.25, 0.3) is 0 Å². The fourth-order valence-corrected chi connectivity index (χ4v) is 3.27. The molecule has 0 aromatic carbocycles. The van der Waals surface area contributed by atoms with Crippen LogP contribution in [0.4, 0.5) is 0 Å². The molecule has 16 heavy (non-hydrogen) atoms. The molecule has 0 saturated heterocycles. The zero-order chi connectivity index (χ0) is 12.2. The average Bonchev–Trinajstić information content (AvgIpc) is 2.15. The lowest BCUT2D eigenvalue weighted by Gasteiger charge is -2.06. The molecule has 1 heterocycles. The molecule has 0 bridgehead atoms. The van der Waals surface area contributed by atoms with Gasteiger partial charge >= 0.3 is 0 Å². The molecule has 0 unspecified atom stereocenters. The van der Waals surface area contributed by atoms with E-state index in [1.807, 2.05) is 19.9 Å². The normalized spacial score (nSPS) is 11.4. The topological polar surface area (TPSA) is 70.8 Å². The lowest BCUT2D eigenvalue weighted by Crippen LogP contribution is -2.13. The van der Waals surface area contributed by atoms with E-state index in [0.717, 1.165) is 0 Å². The summed E-state index contributed by atoms with van der Waals surface area (Å²) >= 11 is 0. The van der Waals surface area contributed by atoms with Crippen LogP contribution in [-0.4, -0.2) is 19.2 Å². The summed E-state index contributed by atoms with van der Waals surface area (Å²) in [4.78, 5) is 3.79. The number of sulfone groups is 1. The molecule has 1 aromatic rings. The first kappa shape index (κ1) is 12.7. The Morgan fingerprint density at radius 3 is 2.75 bits per heavy atom. The van der Waals surface area contributed by atoms with E-state index in [-0.39, 0.29) is 23.1 Å². The molecule has 0 aliphatic carbocycles. The van der Waals surface area contributed by atoms with Crippen LogP contribution in [-0.2, 0) is 15.6 Å². The standard InChI is InChI=1S/C11H14N2O2S/c1-9(2)7-16(14,15)8-10-3-4-13-11(5-10)6-12/h3-5,9H,7-8H2,1-2H3. The van der Waals surface area contributed by atoms with Crippen LogP contribution < -0.4 is 0 Å². The second-order valence-corrected chi connectivity index (χ2v) is 6.22. The van der Waals surface area contributed by atoms with Gasteiger partial charge in [-0.15, -0.1) is 0 Å². The number of nitriles is 1. The zero-order valence-electron chi connectivity index (χ0n) is 9.34. The third-order valence-corrected chi connectivity index (χ3v) is 3.86. The number of hydrogen-bond donors (Lipinski definition) is 0. The molecule has 1 rings (SSSR count). The largest absolute Gasteiger partial charge is 0.246 e. The minimum absolute atomic E-state index is 0.0254. The predicted octanol–water partition coefficient (Wildman–Crippen LogP) is 1.52. The molecule has 0 amide bonds. The van der Waals surface area contributed by atoms with Crippen molar-refractivity contribution in [2.75, 3.05) is 5.75 Å². The van der Waals surface area contributed by atoms with Gasteiger partial charge in [-0.25, -0.2) is 13.4 Å². The highest BCUT2D eigenvalue weighted by atomic mass is 32.2. The third kappa shape index (κ3) is 3.99. The van der Waals surface area contributed by atoms with Crippen LogP contribution in [0.3, 0.4) is 0 Å². The first-order valence-electron chi connectivity index (χ1n) is 4.98.